The van der Waals surface area contributed by atoms with Crippen molar-refractivity contribution in [1.29, 1.82) is 0 Å². The van der Waals surface area contributed by atoms with Crippen LogP contribution in [0.2, 0.25) is 0 Å². The quantitative estimate of drug-likeness (QED) is 0.443. The van der Waals surface area contributed by atoms with E-state index in [4.69, 9.17) is 0 Å². The van der Waals surface area contributed by atoms with E-state index in [0.29, 0.717) is 38.0 Å². The van der Waals surface area contributed by atoms with Gasteiger partial charge in [-0.3, -0.25) is 14.4 Å². The van der Waals surface area contributed by atoms with Crippen molar-refractivity contribution in [2.24, 2.45) is 50.2 Å². The second-order valence-electron chi connectivity index (χ2n) is 14.4. The summed E-state index contributed by atoms with van der Waals surface area (Å²) in [6.07, 6.45) is 8.91. The summed E-state index contributed by atoms with van der Waals surface area (Å²) >= 11 is 0. The van der Waals surface area contributed by atoms with E-state index >= 15 is 0 Å². The summed E-state index contributed by atoms with van der Waals surface area (Å²) in [4.78, 5) is 38.0. The first kappa shape index (κ1) is 25.9. The van der Waals surface area contributed by atoms with E-state index < -0.39 is 28.2 Å². The van der Waals surface area contributed by atoms with E-state index in [0.717, 1.165) is 32.1 Å². The number of hydrogen-bond donors (Lipinski definition) is 3. The molecule has 0 aromatic heterocycles. The molecule has 5 aliphatic carbocycles. The molecule has 0 unspecified atom stereocenters. The summed E-state index contributed by atoms with van der Waals surface area (Å²) in [6.45, 7) is 10.7. The first-order valence-electron chi connectivity index (χ1n) is 14.0. The van der Waals surface area contributed by atoms with Crippen molar-refractivity contribution in [3.05, 3.63) is 11.6 Å². The maximum absolute atomic E-state index is 13.0. The molecule has 6 heteroatoms. The van der Waals surface area contributed by atoms with Crippen molar-refractivity contribution in [2.45, 2.75) is 98.8 Å². The van der Waals surface area contributed by atoms with Crippen molar-refractivity contribution in [3.8, 4) is 0 Å². The Morgan fingerprint density at radius 3 is 2.19 bits per heavy atom. The molecular formula is C30H44O6. The molecule has 3 N–H and O–H groups in total. The maximum Gasteiger partial charge on any atom is 0.310 e. The third-order valence-electron chi connectivity index (χ3n) is 13.2. The maximum atomic E-state index is 13.0. The van der Waals surface area contributed by atoms with Crippen LogP contribution in [0.15, 0.2) is 11.6 Å². The van der Waals surface area contributed by atoms with Crippen molar-refractivity contribution in [2.75, 3.05) is 6.61 Å². The number of allylic oxidation sites excluding steroid dienone is 2. The number of rotatable bonds is 3. The van der Waals surface area contributed by atoms with Crippen LogP contribution in [0.4, 0.5) is 0 Å². The number of ketones is 1. The molecule has 0 aromatic carbocycles. The van der Waals surface area contributed by atoms with Crippen LogP contribution in [-0.2, 0) is 14.4 Å². The van der Waals surface area contributed by atoms with Gasteiger partial charge in [0.1, 0.15) is 5.78 Å². The lowest BCUT2D eigenvalue weighted by Gasteiger charge is -2.70. The number of hydrogen-bond acceptors (Lipinski definition) is 4. The van der Waals surface area contributed by atoms with Crippen molar-refractivity contribution in [1.82, 2.24) is 0 Å². The largest absolute Gasteiger partial charge is 0.481 e. The predicted octanol–water partition coefficient (Wildman–Crippen LogP) is 5.48. The fraction of sp³-hybridized carbons (Fsp3) is 0.833. The van der Waals surface area contributed by atoms with Gasteiger partial charge >= 0.3 is 11.9 Å². The van der Waals surface area contributed by atoms with Gasteiger partial charge in [-0.1, -0.05) is 39.3 Å². The average Bonchev–Trinajstić information content (AvgIpc) is 2.82. The number of aliphatic hydroxyl groups excluding tert-OH is 1. The van der Waals surface area contributed by atoms with Crippen LogP contribution < -0.4 is 0 Å². The highest BCUT2D eigenvalue weighted by Crippen LogP contribution is 2.75. The van der Waals surface area contributed by atoms with E-state index in [1.54, 1.807) is 6.92 Å². The zero-order valence-electron chi connectivity index (χ0n) is 22.7. The molecule has 0 radical (unpaired) electrons. The smallest absolute Gasteiger partial charge is 0.310 e. The van der Waals surface area contributed by atoms with Crippen LogP contribution in [0.5, 0.6) is 0 Å². The van der Waals surface area contributed by atoms with E-state index in [2.05, 4.69) is 26.8 Å². The number of carboxylic acid groups (broad SMARTS) is 2. The van der Waals surface area contributed by atoms with Crippen LogP contribution >= 0.6 is 0 Å². The highest BCUT2D eigenvalue weighted by Gasteiger charge is 2.70. The Morgan fingerprint density at radius 2 is 1.58 bits per heavy atom. The summed E-state index contributed by atoms with van der Waals surface area (Å²) < 4.78 is 0. The minimum atomic E-state index is -0.906. The fourth-order valence-corrected chi connectivity index (χ4v) is 10.5. The molecule has 0 spiro atoms. The van der Waals surface area contributed by atoms with E-state index in [1.807, 2.05) is 6.92 Å². The minimum Gasteiger partial charge on any atom is -0.481 e. The lowest BCUT2D eigenvalue weighted by molar-refractivity contribution is -0.196. The summed E-state index contributed by atoms with van der Waals surface area (Å²) in [5.41, 5.74) is -1.64. The molecule has 4 fully saturated rings. The summed E-state index contributed by atoms with van der Waals surface area (Å²) in [6, 6.07) is 0. The number of Topliss-reactive ketones (excluding diaryl/α,β-unsaturated/α-hetero) is 1. The Labute approximate surface area is 214 Å². The third-order valence-corrected chi connectivity index (χ3v) is 13.2. The van der Waals surface area contributed by atoms with Crippen molar-refractivity contribution in [3.63, 3.8) is 0 Å². The molecule has 0 bridgehead atoms. The van der Waals surface area contributed by atoms with Gasteiger partial charge in [0.2, 0.25) is 0 Å². The van der Waals surface area contributed by atoms with Gasteiger partial charge < -0.3 is 15.3 Å². The first-order valence-corrected chi connectivity index (χ1v) is 14.0. The Bertz CT molecular complexity index is 1050. The van der Waals surface area contributed by atoms with Crippen molar-refractivity contribution >= 4 is 17.7 Å². The van der Waals surface area contributed by atoms with Crippen LogP contribution in [0.3, 0.4) is 0 Å². The number of fused-ring (bicyclic) bond motifs is 7. The molecule has 5 rings (SSSR count). The standard InChI is InChI=1S/C30H44O6/c1-25(23(33)34)12-14-30(24(35)36)15-13-28(4)18(19(30)16-25)6-7-21-26(2)10-9-22(32)27(3,17-31)20(26)8-11-29(21,28)5/h6,19-21,31H,7-17H2,1-5H3,(H,33,34)(H,35,36)/t19-,20+,21+,25+,26-,27+,28+,29+,30-/m0/s1. The minimum absolute atomic E-state index is 0.0686. The summed E-state index contributed by atoms with van der Waals surface area (Å²) in [5.74, 6) is -1.19. The van der Waals surface area contributed by atoms with Gasteiger partial charge in [0, 0.05) is 6.42 Å². The third kappa shape index (κ3) is 2.91. The van der Waals surface area contributed by atoms with E-state index in [1.165, 1.54) is 5.57 Å². The molecule has 9 atom stereocenters. The topological polar surface area (TPSA) is 112 Å². The van der Waals surface area contributed by atoms with Gasteiger partial charge in [-0.25, -0.2) is 0 Å². The molecule has 0 heterocycles. The number of carboxylic acids is 2. The fourth-order valence-electron chi connectivity index (χ4n) is 10.5. The number of aliphatic hydroxyl groups is 1. The monoisotopic (exact) mass is 500 g/mol. The zero-order chi connectivity index (χ0) is 26.5. The van der Waals surface area contributed by atoms with Crippen molar-refractivity contribution < 1.29 is 29.7 Å². The second-order valence-corrected chi connectivity index (χ2v) is 14.4. The molecule has 0 aromatic rings. The molecular weight excluding hydrogens is 456 g/mol. The van der Waals surface area contributed by atoms with E-state index in [9.17, 15) is 29.7 Å². The normalized spacial score (nSPS) is 52.2. The van der Waals surface area contributed by atoms with Gasteiger partial charge in [0.25, 0.3) is 0 Å². The lowest BCUT2D eigenvalue weighted by atomic mass is 9.33. The van der Waals surface area contributed by atoms with Gasteiger partial charge in [-0.05, 0) is 98.7 Å². The van der Waals surface area contributed by atoms with Gasteiger partial charge in [-0.2, -0.15) is 0 Å². The molecule has 0 amide bonds. The summed E-state index contributed by atoms with van der Waals surface area (Å²) in [5, 5.41) is 30.9. The van der Waals surface area contributed by atoms with E-state index in [-0.39, 0.29) is 40.5 Å². The number of aliphatic carboxylic acids is 2. The second kappa shape index (κ2) is 7.68. The molecule has 36 heavy (non-hydrogen) atoms. The average molecular weight is 501 g/mol. The number of carbonyl (C=O) groups excluding carboxylic acids is 1. The molecule has 200 valence electrons. The lowest BCUT2D eigenvalue weighted by Crippen LogP contribution is -2.65. The summed E-state index contributed by atoms with van der Waals surface area (Å²) in [7, 11) is 0. The highest BCUT2D eigenvalue weighted by atomic mass is 16.4. The number of carbonyl (C=O) groups is 3. The zero-order valence-corrected chi connectivity index (χ0v) is 22.7. The van der Waals surface area contributed by atoms with Gasteiger partial charge in [0.15, 0.2) is 0 Å². The van der Waals surface area contributed by atoms with Gasteiger partial charge in [0.05, 0.1) is 22.9 Å². The van der Waals surface area contributed by atoms with Crippen LogP contribution in [0.25, 0.3) is 0 Å². The van der Waals surface area contributed by atoms with Crippen LogP contribution in [0.1, 0.15) is 98.8 Å². The molecule has 0 aliphatic heterocycles. The Balaban J connectivity index is 1.61. The molecule has 0 saturated heterocycles. The van der Waals surface area contributed by atoms with Crippen LogP contribution in [-0.4, -0.2) is 39.6 Å². The molecule has 5 aliphatic rings. The highest BCUT2D eigenvalue weighted by molar-refractivity contribution is 5.86. The predicted molar refractivity (Wildman–Crippen MR) is 135 cm³/mol. The SMILES string of the molecule is C[C@@]1(C(=O)O)CC[C@]2(C(=O)O)CC[C@]3(C)C(=CC[C@@H]4[C@@]5(C)CCC(=O)[C@](C)(CO)[C@@H]5CC[C@]43C)[C@@H]2C1. The Morgan fingerprint density at radius 1 is 0.917 bits per heavy atom. The first-order chi connectivity index (χ1) is 16.6. The molecule has 4 saturated carbocycles. The van der Waals surface area contributed by atoms with Gasteiger partial charge in [-0.15, -0.1) is 0 Å². The molecule has 6 nitrogen and oxygen atoms in total. The Kier molecular flexibility index (Phi) is 5.53. The Hall–Kier alpha value is -1.69. The van der Waals surface area contributed by atoms with Crippen LogP contribution in [0, 0.1) is 50.2 Å².